The molecule has 3 N–H and O–H groups in total. The van der Waals surface area contributed by atoms with Crippen LogP contribution in [0.4, 0.5) is 5.13 Å². The van der Waals surface area contributed by atoms with Gasteiger partial charge in [0, 0.05) is 30.7 Å². The van der Waals surface area contributed by atoms with Gasteiger partial charge in [-0.3, -0.25) is 9.78 Å². The van der Waals surface area contributed by atoms with Gasteiger partial charge in [0.05, 0.1) is 5.69 Å². The van der Waals surface area contributed by atoms with E-state index in [4.69, 9.17) is 5.73 Å². The van der Waals surface area contributed by atoms with Crippen molar-refractivity contribution in [3.63, 3.8) is 0 Å². The first-order chi connectivity index (χ1) is 8.74. The predicted molar refractivity (Wildman–Crippen MR) is 70.9 cm³/mol. The Bertz CT molecular complexity index is 512. The molecule has 0 spiro atoms. The Morgan fingerprint density at radius 3 is 2.83 bits per heavy atom. The molecule has 0 saturated heterocycles. The maximum atomic E-state index is 11.6. The average Bonchev–Trinajstić information content (AvgIpc) is 2.81. The number of nitrogens with two attached hydrogens (primary N) is 1. The lowest BCUT2D eigenvalue weighted by atomic mass is 10.2. The van der Waals surface area contributed by atoms with Gasteiger partial charge in [-0.05, 0) is 24.1 Å². The molecule has 5 nitrogen and oxygen atoms in total. The number of hydrogen-bond donors (Lipinski definition) is 2. The number of aromatic nitrogens is 2. The third-order valence-corrected chi connectivity index (χ3v) is 3.14. The van der Waals surface area contributed by atoms with Crippen LogP contribution in [0.2, 0.25) is 0 Å². The van der Waals surface area contributed by atoms with Gasteiger partial charge in [-0.2, -0.15) is 0 Å². The van der Waals surface area contributed by atoms with Crippen LogP contribution in [0.5, 0.6) is 0 Å². The van der Waals surface area contributed by atoms with Gasteiger partial charge in [-0.1, -0.05) is 0 Å². The molecule has 0 bridgehead atoms. The molecule has 0 radical (unpaired) electrons. The summed E-state index contributed by atoms with van der Waals surface area (Å²) < 4.78 is 0. The lowest BCUT2D eigenvalue weighted by molar-refractivity contribution is -0.121. The highest BCUT2D eigenvalue weighted by molar-refractivity contribution is 7.13. The summed E-state index contributed by atoms with van der Waals surface area (Å²) in [5, 5.41) is 5.28. The maximum absolute atomic E-state index is 11.6. The molecule has 94 valence electrons. The van der Waals surface area contributed by atoms with E-state index in [0.29, 0.717) is 24.5 Å². The van der Waals surface area contributed by atoms with E-state index in [2.05, 4.69) is 15.3 Å². The number of hydrogen-bond acceptors (Lipinski definition) is 5. The van der Waals surface area contributed by atoms with Gasteiger partial charge >= 0.3 is 0 Å². The Hall–Kier alpha value is -1.95. The van der Waals surface area contributed by atoms with Crippen molar-refractivity contribution in [2.45, 2.75) is 19.4 Å². The normalized spacial score (nSPS) is 10.2. The molecule has 2 heterocycles. The van der Waals surface area contributed by atoms with Crippen molar-refractivity contribution in [2.75, 3.05) is 5.73 Å². The molecule has 1 amide bonds. The molecule has 0 aliphatic rings. The molecule has 0 aliphatic carbocycles. The number of nitrogens with one attached hydrogen (secondary N) is 1. The Kier molecular flexibility index (Phi) is 4.25. The van der Waals surface area contributed by atoms with Crippen molar-refractivity contribution in [3.8, 4) is 0 Å². The zero-order valence-corrected chi connectivity index (χ0v) is 10.6. The van der Waals surface area contributed by atoms with E-state index in [-0.39, 0.29) is 5.91 Å². The first-order valence-electron chi connectivity index (χ1n) is 5.59. The van der Waals surface area contributed by atoms with E-state index in [0.717, 1.165) is 11.3 Å². The zero-order valence-electron chi connectivity index (χ0n) is 9.80. The highest BCUT2D eigenvalue weighted by Gasteiger charge is 2.04. The van der Waals surface area contributed by atoms with Crippen LogP contribution < -0.4 is 11.1 Å². The number of nitrogens with zero attached hydrogens (tertiary/aromatic N) is 2. The second-order valence-corrected chi connectivity index (χ2v) is 4.70. The Morgan fingerprint density at radius 2 is 2.17 bits per heavy atom. The van der Waals surface area contributed by atoms with Crippen LogP contribution in [0.15, 0.2) is 29.9 Å². The van der Waals surface area contributed by atoms with Crippen LogP contribution in [0.25, 0.3) is 0 Å². The van der Waals surface area contributed by atoms with Crippen molar-refractivity contribution in [1.82, 2.24) is 15.3 Å². The summed E-state index contributed by atoms with van der Waals surface area (Å²) in [5.74, 6) is 0.0124. The molecular weight excluding hydrogens is 248 g/mol. The third-order valence-electron chi connectivity index (χ3n) is 2.42. The first-order valence-corrected chi connectivity index (χ1v) is 6.47. The smallest absolute Gasteiger partial charge is 0.220 e. The summed E-state index contributed by atoms with van der Waals surface area (Å²) >= 11 is 1.39. The minimum absolute atomic E-state index is 0.0124. The molecule has 0 aromatic carbocycles. The molecule has 0 aliphatic heterocycles. The molecular formula is C12H14N4OS. The fraction of sp³-hybridized carbons (Fsp3) is 0.250. The number of anilines is 1. The highest BCUT2D eigenvalue weighted by Crippen LogP contribution is 2.12. The SMILES string of the molecule is Nc1nc(CCC(=O)NCc2ccncc2)cs1. The summed E-state index contributed by atoms with van der Waals surface area (Å²) in [6, 6.07) is 3.75. The van der Waals surface area contributed by atoms with Gasteiger partial charge in [0.2, 0.25) is 5.91 Å². The van der Waals surface area contributed by atoms with Gasteiger partial charge in [-0.25, -0.2) is 4.98 Å². The summed E-state index contributed by atoms with van der Waals surface area (Å²) in [6.45, 7) is 0.528. The topological polar surface area (TPSA) is 80.9 Å². The average molecular weight is 262 g/mol. The zero-order chi connectivity index (χ0) is 12.8. The molecule has 18 heavy (non-hydrogen) atoms. The van der Waals surface area contributed by atoms with Gasteiger partial charge in [0.25, 0.3) is 0 Å². The fourth-order valence-electron chi connectivity index (χ4n) is 1.47. The van der Waals surface area contributed by atoms with E-state index in [1.54, 1.807) is 12.4 Å². The second-order valence-electron chi connectivity index (χ2n) is 3.81. The maximum Gasteiger partial charge on any atom is 0.220 e. The molecule has 2 rings (SSSR count). The van der Waals surface area contributed by atoms with Crippen molar-refractivity contribution in [1.29, 1.82) is 0 Å². The van der Waals surface area contributed by atoms with Crippen LogP contribution in [0, 0.1) is 0 Å². The Morgan fingerprint density at radius 1 is 1.39 bits per heavy atom. The van der Waals surface area contributed by atoms with E-state index >= 15 is 0 Å². The minimum atomic E-state index is 0.0124. The van der Waals surface area contributed by atoms with E-state index in [1.807, 2.05) is 17.5 Å². The van der Waals surface area contributed by atoms with Gasteiger partial charge < -0.3 is 11.1 Å². The highest BCUT2D eigenvalue weighted by atomic mass is 32.1. The first kappa shape index (κ1) is 12.5. The summed E-state index contributed by atoms with van der Waals surface area (Å²) in [6.07, 6.45) is 4.46. The van der Waals surface area contributed by atoms with Crippen molar-refractivity contribution >= 4 is 22.4 Å². The lowest BCUT2D eigenvalue weighted by Gasteiger charge is -2.04. The molecule has 0 unspecified atom stereocenters. The number of carbonyl (C=O) groups is 1. The van der Waals surface area contributed by atoms with E-state index in [9.17, 15) is 4.79 Å². The van der Waals surface area contributed by atoms with Crippen molar-refractivity contribution in [2.24, 2.45) is 0 Å². The minimum Gasteiger partial charge on any atom is -0.375 e. The molecule has 6 heteroatoms. The largest absolute Gasteiger partial charge is 0.375 e. The molecule has 0 saturated carbocycles. The predicted octanol–water partition coefficient (Wildman–Crippen LogP) is 1.37. The molecule has 0 fully saturated rings. The number of amides is 1. The number of thiazole rings is 1. The number of rotatable bonds is 5. The Balaban J connectivity index is 1.73. The Labute approximate surface area is 109 Å². The van der Waals surface area contributed by atoms with Gasteiger partial charge in [0.15, 0.2) is 5.13 Å². The van der Waals surface area contributed by atoms with E-state index in [1.165, 1.54) is 11.3 Å². The molecule has 2 aromatic rings. The van der Waals surface area contributed by atoms with Gasteiger partial charge in [-0.15, -0.1) is 11.3 Å². The van der Waals surface area contributed by atoms with Gasteiger partial charge in [0.1, 0.15) is 0 Å². The van der Waals surface area contributed by atoms with Crippen molar-refractivity contribution < 1.29 is 4.79 Å². The van der Waals surface area contributed by atoms with Crippen LogP contribution in [0.1, 0.15) is 17.7 Å². The summed E-state index contributed by atoms with van der Waals surface area (Å²) in [4.78, 5) is 19.6. The number of carbonyl (C=O) groups excluding carboxylic acids is 1. The van der Waals surface area contributed by atoms with E-state index < -0.39 is 0 Å². The monoisotopic (exact) mass is 262 g/mol. The number of nitrogen functional groups attached to an aromatic ring is 1. The lowest BCUT2D eigenvalue weighted by Crippen LogP contribution is -2.23. The molecule has 0 atom stereocenters. The summed E-state index contributed by atoms with van der Waals surface area (Å²) in [7, 11) is 0. The number of pyridine rings is 1. The van der Waals surface area contributed by atoms with Crippen LogP contribution in [-0.4, -0.2) is 15.9 Å². The molecule has 2 aromatic heterocycles. The fourth-order valence-corrected chi connectivity index (χ4v) is 2.07. The third kappa shape index (κ3) is 3.81. The standard InChI is InChI=1S/C12H14N4OS/c13-12-16-10(8-18-12)1-2-11(17)15-7-9-3-5-14-6-4-9/h3-6,8H,1-2,7H2,(H2,13,16)(H,15,17). The van der Waals surface area contributed by atoms with Crippen LogP contribution in [0.3, 0.4) is 0 Å². The summed E-state index contributed by atoms with van der Waals surface area (Å²) in [5.41, 5.74) is 7.43. The second kappa shape index (κ2) is 6.11. The van der Waals surface area contributed by atoms with Crippen LogP contribution in [-0.2, 0) is 17.8 Å². The number of aryl methyl sites for hydroxylation is 1. The van der Waals surface area contributed by atoms with Crippen molar-refractivity contribution in [3.05, 3.63) is 41.2 Å². The quantitative estimate of drug-likeness (QED) is 0.852. The van der Waals surface area contributed by atoms with Crippen LogP contribution >= 0.6 is 11.3 Å².